The van der Waals surface area contributed by atoms with Gasteiger partial charge in [-0.1, -0.05) is 29.8 Å². The summed E-state index contributed by atoms with van der Waals surface area (Å²) in [6.45, 7) is 2.83. The van der Waals surface area contributed by atoms with Crippen LogP contribution < -0.4 is 5.32 Å². The Morgan fingerprint density at radius 1 is 1.24 bits per heavy atom. The van der Waals surface area contributed by atoms with Crippen molar-refractivity contribution < 1.29 is 9.21 Å². The average Bonchev–Trinajstić information content (AvgIpc) is 3.49. The van der Waals surface area contributed by atoms with E-state index >= 15 is 0 Å². The lowest BCUT2D eigenvalue weighted by Gasteiger charge is -2.26. The molecule has 4 rings (SSSR count). The first-order valence-electron chi connectivity index (χ1n) is 9.94. The van der Waals surface area contributed by atoms with Crippen LogP contribution in [0.2, 0.25) is 5.02 Å². The average molecular weight is 430 g/mol. The normalized spacial score (nSPS) is 15.5. The fraction of sp³-hybridized carbons (Fsp3) is 0.364. The zero-order chi connectivity index (χ0) is 20.1. The molecule has 3 aromatic rings. The topological polar surface area (TPSA) is 58.4 Å². The number of carbonyl (C=O) groups is 1. The second-order valence-electron chi connectivity index (χ2n) is 7.18. The van der Waals surface area contributed by atoms with Crippen LogP contribution in [0.5, 0.6) is 0 Å². The molecule has 1 saturated heterocycles. The second kappa shape index (κ2) is 9.57. The predicted octanol–water partition coefficient (Wildman–Crippen LogP) is 4.94. The first-order valence-corrected chi connectivity index (χ1v) is 11.2. The van der Waals surface area contributed by atoms with E-state index in [2.05, 4.69) is 32.7 Å². The molecule has 0 aliphatic carbocycles. The van der Waals surface area contributed by atoms with Crippen LogP contribution in [-0.2, 0) is 11.2 Å². The van der Waals surface area contributed by atoms with Crippen molar-refractivity contribution in [2.75, 3.05) is 19.6 Å². The van der Waals surface area contributed by atoms with Gasteiger partial charge in [0.1, 0.15) is 0 Å². The van der Waals surface area contributed by atoms with Crippen LogP contribution in [-0.4, -0.2) is 35.4 Å². The number of rotatable bonds is 8. The van der Waals surface area contributed by atoms with Crippen molar-refractivity contribution >= 4 is 28.8 Å². The number of thiophene rings is 1. The zero-order valence-corrected chi connectivity index (χ0v) is 17.7. The van der Waals surface area contributed by atoms with E-state index < -0.39 is 0 Å². The number of amides is 1. The third-order valence-electron chi connectivity index (χ3n) is 5.20. The molecule has 1 N–H and O–H groups in total. The van der Waals surface area contributed by atoms with Gasteiger partial charge in [0.05, 0.1) is 17.3 Å². The summed E-state index contributed by atoms with van der Waals surface area (Å²) in [7, 11) is 0. The highest BCUT2D eigenvalue weighted by Gasteiger charge is 2.24. The Kier molecular flexibility index (Phi) is 6.64. The van der Waals surface area contributed by atoms with Crippen molar-refractivity contribution in [1.82, 2.24) is 15.2 Å². The van der Waals surface area contributed by atoms with E-state index in [0.717, 1.165) is 18.7 Å². The molecule has 1 aliphatic rings. The maximum atomic E-state index is 12.4. The first-order chi connectivity index (χ1) is 14.2. The highest BCUT2D eigenvalue weighted by Crippen LogP contribution is 2.29. The van der Waals surface area contributed by atoms with E-state index in [1.807, 2.05) is 24.3 Å². The van der Waals surface area contributed by atoms with E-state index in [1.165, 1.54) is 17.7 Å². The Labute approximate surface area is 179 Å². The number of halogens is 1. The van der Waals surface area contributed by atoms with Gasteiger partial charge in [-0.3, -0.25) is 9.69 Å². The molecule has 5 nitrogen and oxygen atoms in total. The highest BCUT2D eigenvalue weighted by molar-refractivity contribution is 7.10. The molecular weight excluding hydrogens is 406 g/mol. The molecule has 29 heavy (non-hydrogen) atoms. The number of hydrogen-bond donors (Lipinski definition) is 1. The second-order valence-corrected chi connectivity index (χ2v) is 8.56. The van der Waals surface area contributed by atoms with Gasteiger partial charge in [0, 0.05) is 29.8 Å². The van der Waals surface area contributed by atoms with Gasteiger partial charge in [-0.05, 0) is 49.5 Å². The number of nitrogens with zero attached hydrogens (tertiary/aromatic N) is 2. The Balaban J connectivity index is 1.30. The maximum absolute atomic E-state index is 12.4. The van der Waals surface area contributed by atoms with Crippen LogP contribution in [0.25, 0.3) is 11.3 Å². The van der Waals surface area contributed by atoms with Crippen molar-refractivity contribution in [3.05, 3.63) is 63.8 Å². The Bertz CT molecular complexity index is 935. The summed E-state index contributed by atoms with van der Waals surface area (Å²) in [6, 6.07) is 12.0. The summed E-state index contributed by atoms with van der Waals surface area (Å²) in [4.78, 5) is 20.5. The quantitative estimate of drug-likeness (QED) is 0.550. The summed E-state index contributed by atoms with van der Waals surface area (Å²) in [6.07, 6.45) is 4.93. The van der Waals surface area contributed by atoms with E-state index in [-0.39, 0.29) is 11.9 Å². The van der Waals surface area contributed by atoms with E-state index in [9.17, 15) is 4.79 Å². The molecule has 7 heteroatoms. The van der Waals surface area contributed by atoms with Crippen LogP contribution >= 0.6 is 22.9 Å². The molecule has 152 valence electrons. The van der Waals surface area contributed by atoms with Gasteiger partial charge in [0.15, 0.2) is 11.7 Å². The van der Waals surface area contributed by atoms with E-state index in [4.69, 9.17) is 16.0 Å². The molecule has 2 aromatic heterocycles. The monoisotopic (exact) mass is 429 g/mol. The van der Waals surface area contributed by atoms with Gasteiger partial charge in [-0.2, -0.15) is 0 Å². The number of aryl methyl sites for hydroxylation is 1. The van der Waals surface area contributed by atoms with Crippen molar-refractivity contribution in [2.45, 2.75) is 31.7 Å². The summed E-state index contributed by atoms with van der Waals surface area (Å²) < 4.78 is 5.78. The SMILES string of the molecule is O=C(CCc1ncc(-c2ccccc2Cl)o1)NCC(c1cccs1)N1CCCC1. The lowest BCUT2D eigenvalue weighted by Crippen LogP contribution is -2.36. The summed E-state index contributed by atoms with van der Waals surface area (Å²) in [5.41, 5.74) is 0.807. The van der Waals surface area contributed by atoms with Gasteiger partial charge >= 0.3 is 0 Å². The minimum Gasteiger partial charge on any atom is -0.441 e. The van der Waals surface area contributed by atoms with Gasteiger partial charge in [-0.15, -0.1) is 11.3 Å². The van der Waals surface area contributed by atoms with Gasteiger partial charge < -0.3 is 9.73 Å². The van der Waals surface area contributed by atoms with E-state index in [1.54, 1.807) is 17.5 Å². The lowest BCUT2D eigenvalue weighted by atomic mass is 10.2. The molecule has 1 aliphatic heterocycles. The lowest BCUT2D eigenvalue weighted by molar-refractivity contribution is -0.121. The van der Waals surface area contributed by atoms with Crippen molar-refractivity contribution in [2.24, 2.45) is 0 Å². The summed E-state index contributed by atoms with van der Waals surface area (Å²) in [5, 5.41) is 5.82. The third-order valence-corrected chi connectivity index (χ3v) is 6.51. The highest BCUT2D eigenvalue weighted by atomic mass is 35.5. The van der Waals surface area contributed by atoms with Crippen molar-refractivity contribution in [3.8, 4) is 11.3 Å². The molecule has 1 aromatic carbocycles. The van der Waals surface area contributed by atoms with Crippen LogP contribution in [0.1, 0.15) is 36.1 Å². The molecule has 1 fully saturated rings. The Morgan fingerprint density at radius 3 is 2.83 bits per heavy atom. The molecule has 0 saturated carbocycles. The fourth-order valence-electron chi connectivity index (χ4n) is 3.67. The standard InChI is InChI=1S/C22H24ClN3O2S/c23-17-7-2-1-6-16(17)19-15-25-22(28-19)10-9-21(27)24-14-18(20-8-5-13-29-20)26-11-3-4-12-26/h1-2,5-8,13,15,18H,3-4,9-12,14H2,(H,24,27). The molecule has 0 spiro atoms. The molecule has 1 unspecified atom stereocenters. The largest absolute Gasteiger partial charge is 0.441 e. The molecular formula is C22H24ClN3O2S. The van der Waals surface area contributed by atoms with Crippen LogP contribution in [0, 0.1) is 0 Å². The number of aromatic nitrogens is 1. The Hall–Kier alpha value is -2.15. The van der Waals surface area contributed by atoms with Crippen molar-refractivity contribution in [3.63, 3.8) is 0 Å². The number of nitrogens with one attached hydrogen (secondary N) is 1. The molecule has 1 atom stereocenters. The number of benzene rings is 1. The Morgan fingerprint density at radius 2 is 2.07 bits per heavy atom. The van der Waals surface area contributed by atoms with Crippen molar-refractivity contribution in [1.29, 1.82) is 0 Å². The van der Waals surface area contributed by atoms with Gasteiger partial charge in [-0.25, -0.2) is 4.98 Å². The van der Waals surface area contributed by atoms with Crippen LogP contribution in [0.4, 0.5) is 0 Å². The number of hydrogen-bond acceptors (Lipinski definition) is 5. The molecule has 3 heterocycles. The fourth-order valence-corrected chi connectivity index (χ4v) is 4.76. The summed E-state index contributed by atoms with van der Waals surface area (Å²) >= 11 is 7.96. The number of carbonyl (C=O) groups excluding carboxylic acids is 1. The predicted molar refractivity (Wildman–Crippen MR) is 116 cm³/mol. The minimum absolute atomic E-state index is 0.0169. The van der Waals surface area contributed by atoms with Gasteiger partial charge in [0.25, 0.3) is 0 Å². The first kappa shape index (κ1) is 20.1. The summed E-state index contributed by atoms with van der Waals surface area (Å²) in [5.74, 6) is 1.19. The third kappa shape index (κ3) is 5.07. The smallest absolute Gasteiger partial charge is 0.220 e. The molecule has 0 radical (unpaired) electrons. The van der Waals surface area contributed by atoms with Crippen LogP contribution in [0.15, 0.2) is 52.4 Å². The van der Waals surface area contributed by atoms with Crippen LogP contribution in [0.3, 0.4) is 0 Å². The maximum Gasteiger partial charge on any atom is 0.220 e. The minimum atomic E-state index is 0.0169. The molecule has 0 bridgehead atoms. The van der Waals surface area contributed by atoms with Gasteiger partial charge in [0.2, 0.25) is 5.91 Å². The van der Waals surface area contributed by atoms with E-state index in [0.29, 0.717) is 36.1 Å². The number of likely N-dealkylation sites (tertiary alicyclic amines) is 1. The number of oxazole rings is 1. The molecule has 1 amide bonds. The zero-order valence-electron chi connectivity index (χ0n) is 16.1.